The zero-order valence-corrected chi connectivity index (χ0v) is 18.4. The molecule has 164 valence electrons. The lowest BCUT2D eigenvalue weighted by atomic mass is 9.96. The summed E-state index contributed by atoms with van der Waals surface area (Å²) in [7, 11) is 3.60. The smallest absolute Gasteiger partial charge is 0.376 e. The highest BCUT2D eigenvalue weighted by Gasteiger charge is 2.37. The Morgan fingerprint density at radius 3 is 2.60 bits per heavy atom. The van der Waals surface area contributed by atoms with E-state index in [1.165, 1.54) is 6.21 Å². The molecule has 0 heterocycles. The summed E-state index contributed by atoms with van der Waals surface area (Å²) in [5.41, 5.74) is 8.67. The molecule has 1 aliphatic rings. The number of hydrogen-bond acceptors (Lipinski definition) is 4. The minimum Gasteiger partial charge on any atom is -0.376 e. The number of alkyl halides is 3. The SMILES string of the molecule is CN(CCN(C)C1=C(C(F)(F)F)C=C(/C=N/NC(N)=S)CC1)Cc1ccccc1Cl. The molecule has 0 unspecified atom stereocenters. The average Bonchev–Trinajstić information content (AvgIpc) is 2.67. The van der Waals surface area contributed by atoms with Crippen molar-refractivity contribution in [2.75, 3.05) is 27.2 Å². The Balaban J connectivity index is 2.07. The van der Waals surface area contributed by atoms with Gasteiger partial charge in [0.15, 0.2) is 5.11 Å². The predicted molar refractivity (Wildman–Crippen MR) is 119 cm³/mol. The summed E-state index contributed by atoms with van der Waals surface area (Å²) in [6.45, 7) is 1.66. The number of hydrazone groups is 1. The molecular formula is C20H25ClF3N5S. The van der Waals surface area contributed by atoms with Crippen molar-refractivity contribution in [1.82, 2.24) is 15.2 Å². The number of halogens is 4. The van der Waals surface area contributed by atoms with Crippen LogP contribution >= 0.6 is 23.8 Å². The van der Waals surface area contributed by atoms with Crippen LogP contribution in [0.5, 0.6) is 0 Å². The lowest BCUT2D eigenvalue weighted by Gasteiger charge is -2.30. The summed E-state index contributed by atoms with van der Waals surface area (Å²) in [5, 5.41) is 4.39. The lowest BCUT2D eigenvalue weighted by Crippen LogP contribution is -2.33. The molecular weight excluding hydrogens is 435 g/mol. The first-order chi connectivity index (χ1) is 14.1. The Bertz CT molecular complexity index is 851. The van der Waals surface area contributed by atoms with Crippen molar-refractivity contribution < 1.29 is 13.2 Å². The summed E-state index contributed by atoms with van der Waals surface area (Å²) in [6, 6.07) is 7.53. The van der Waals surface area contributed by atoms with Crippen LogP contribution in [0.4, 0.5) is 13.2 Å². The van der Waals surface area contributed by atoms with Gasteiger partial charge in [-0.15, -0.1) is 0 Å². The van der Waals surface area contributed by atoms with E-state index in [2.05, 4.69) is 22.7 Å². The number of nitrogens with zero attached hydrogens (tertiary/aromatic N) is 3. The van der Waals surface area contributed by atoms with Crippen molar-refractivity contribution in [2.45, 2.75) is 25.6 Å². The van der Waals surface area contributed by atoms with Gasteiger partial charge in [-0.25, -0.2) is 0 Å². The quantitative estimate of drug-likeness (QED) is 0.349. The fourth-order valence-corrected chi connectivity index (χ4v) is 3.36. The fourth-order valence-electron chi connectivity index (χ4n) is 3.11. The van der Waals surface area contributed by atoms with Crippen LogP contribution in [0.1, 0.15) is 18.4 Å². The van der Waals surface area contributed by atoms with Crippen LogP contribution in [0, 0.1) is 0 Å². The van der Waals surface area contributed by atoms with E-state index in [1.807, 2.05) is 36.2 Å². The molecule has 10 heteroatoms. The van der Waals surface area contributed by atoms with Gasteiger partial charge in [0.1, 0.15) is 0 Å². The number of hydrogen-bond donors (Lipinski definition) is 2. The van der Waals surface area contributed by atoms with Crippen LogP contribution < -0.4 is 11.2 Å². The number of thiocarbonyl (C=S) groups is 1. The van der Waals surface area contributed by atoms with E-state index in [4.69, 9.17) is 17.3 Å². The summed E-state index contributed by atoms with van der Waals surface area (Å²) in [4.78, 5) is 3.70. The highest BCUT2D eigenvalue weighted by atomic mass is 35.5. The van der Waals surface area contributed by atoms with E-state index in [0.717, 1.165) is 11.6 Å². The third-order valence-electron chi connectivity index (χ3n) is 4.68. The minimum absolute atomic E-state index is 0.0458. The van der Waals surface area contributed by atoms with Gasteiger partial charge >= 0.3 is 6.18 Å². The van der Waals surface area contributed by atoms with Crippen LogP contribution in [0.2, 0.25) is 5.02 Å². The van der Waals surface area contributed by atoms with Gasteiger partial charge in [0.25, 0.3) is 0 Å². The molecule has 0 fully saturated rings. The first-order valence-electron chi connectivity index (χ1n) is 9.30. The summed E-state index contributed by atoms with van der Waals surface area (Å²) >= 11 is 10.8. The molecule has 0 atom stereocenters. The molecule has 0 amide bonds. The number of benzene rings is 1. The maximum atomic E-state index is 13.7. The summed E-state index contributed by atoms with van der Waals surface area (Å²) in [5.74, 6) is 0. The average molecular weight is 460 g/mol. The Kier molecular flexibility index (Phi) is 8.69. The van der Waals surface area contributed by atoms with Crippen LogP contribution in [-0.4, -0.2) is 54.5 Å². The Labute approximate surface area is 185 Å². The summed E-state index contributed by atoms with van der Waals surface area (Å²) in [6.07, 6.45) is -1.29. The van der Waals surface area contributed by atoms with E-state index in [9.17, 15) is 13.2 Å². The molecule has 0 aromatic heterocycles. The zero-order chi connectivity index (χ0) is 22.3. The molecule has 1 aromatic carbocycles. The van der Waals surface area contributed by atoms with Gasteiger partial charge in [-0.05, 0) is 55.4 Å². The molecule has 3 N–H and O–H groups in total. The van der Waals surface area contributed by atoms with Gasteiger partial charge in [0, 0.05) is 37.4 Å². The number of nitrogens with one attached hydrogen (secondary N) is 1. The monoisotopic (exact) mass is 459 g/mol. The third kappa shape index (κ3) is 7.30. The highest BCUT2D eigenvalue weighted by Crippen LogP contribution is 2.36. The van der Waals surface area contributed by atoms with Crippen molar-refractivity contribution in [3.05, 3.63) is 57.8 Å². The standard InChI is InChI=1S/C20H25ClF3N5S/c1-28(13-15-5-3-4-6-17(15)21)9-10-29(2)18-8-7-14(12-26-27-19(25)30)11-16(18)20(22,23)24/h3-6,11-12H,7-10,13H2,1-2H3,(H3,25,27,30)/b26-12+. The van der Waals surface area contributed by atoms with Gasteiger partial charge in [0.2, 0.25) is 0 Å². The molecule has 2 rings (SSSR count). The molecule has 0 radical (unpaired) electrons. The van der Waals surface area contributed by atoms with Crippen molar-refractivity contribution >= 4 is 35.1 Å². The van der Waals surface area contributed by atoms with E-state index in [1.54, 1.807) is 11.9 Å². The first kappa shape index (κ1) is 24.2. The van der Waals surface area contributed by atoms with Gasteiger partial charge < -0.3 is 15.5 Å². The van der Waals surface area contributed by atoms with Crippen LogP contribution in [0.15, 0.2) is 52.3 Å². The van der Waals surface area contributed by atoms with E-state index in [-0.39, 0.29) is 17.2 Å². The molecule has 0 spiro atoms. The second-order valence-electron chi connectivity index (χ2n) is 7.06. The Morgan fingerprint density at radius 1 is 1.27 bits per heavy atom. The van der Waals surface area contributed by atoms with Crippen molar-refractivity contribution in [1.29, 1.82) is 0 Å². The fraction of sp³-hybridized carbons (Fsp3) is 0.400. The number of allylic oxidation sites excluding steroid dienone is 4. The Hall–Kier alpha value is -2.10. The molecule has 0 aliphatic heterocycles. The Morgan fingerprint density at radius 2 is 1.97 bits per heavy atom. The van der Waals surface area contributed by atoms with Crippen LogP contribution in [-0.2, 0) is 6.54 Å². The molecule has 1 aliphatic carbocycles. The van der Waals surface area contributed by atoms with Crippen LogP contribution in [0.3, 0.4) is 0 Å². The summed E-state index contributed by atoms with van der Waals surface area (Å²) < 4.78 is 41.0. The maximum Gasteiger partial charge on any atom is 0.418 e. The predicted octanol–water partition coefficient (Wildman–Crippen LogP) is 4.06. The second kappa shape index (κ2) is 10.8. The van der Waals surface area contributed by atoms with E-state index >= 15 is 0 Å². The lowest BCUT2D eigenvalue weighted by molar-refractivity contribution is -0.0906. The molecule has 1 aromatic rings. The van der Waals surface area contributed by atoms with Crippen molar-refractivity contribution in [3.63, 3.8) is 0 Å². The van der Waals surface area contributed by atoms with Crippen LogP contribution in [0.25, 0.3) is 0 Å². The highest BCUT2D eigenvalue weighted by molar-refractivity contribution is 7.80. The number of likely N-dealkylation sites (N-methyl/N-ethyl adjacent to an activating group) is 2. The van der Waals surface area contributed by atoms with Gasteiger partial charge in [-0.2, -0.15) is 18.3 Å². The normalized spacial score (nSPS) is 15.0. The van der Waals surface area contributed by atoms with Crippen molar-refractivity contribution in [3.8, 4) is 0 Å². The van der Waals surface area contributed by atoms with Gasteiger partial charge in [-0.3, -0.25) is 5.43 Å². The number of nitrogens with two attached hydrogens (primary N) is 1. The largest absolute Gasteiger partial charge is 0.418 e. The molecule has 0 saturated carbocycles. The molecule has 5 nitrogen and oxygen atoms in total. The van der Waals surface area contributed by atoms with Gasteiger partial charge in [-0.1, -0.05) is 29.8 Å². The third-order valence-corrected chi connectivity index (χ3v) is 5.14. The molecule has 0 bridgehead atoms. The second-order valence-corrected chi connectivity index (χ2v) is 7.91. The molecule has 0 saturated heterocycles. The minimum atomic E-state index is -4.46. The molecule has 30 heavy (non-hydrogen) atoms. The maximum absolute atomic E-state index is 13.7. The van der Waals surface area contributed by atoms with E-state index in [0.29, 0.717) is 36.7 Å². The van der Waals surface area contributed by atoms with E-state index < -0.39 is 11.7 Å². The number of rotatable bonds is 8. The first-order valence-corrected chi connectivity index (χ1v) is 10.1. The topological polar surface area (TPSA) is 56.9 Å². The van der Waals surface area contributed by atoms with Gasteiger partial charge in [0.05, 0.1) is 11.8 Å². The van der Waals surface area contributed by atoms with Crippen molar-refractivity contribution in [2.24, 2.45) is 10.8 Å². The zero-order valence-electron chi connectivity index (χ0n) is 16.8.